The summed E-state index contributed by atoms with van der Waals surface area (Å²) in [6, 6.07) is -4.06. The summed E-state index contributed by atoms with van der Waals surface area (Å²) in [5, 5.41) is 19.5. The average molecular weight is 561 g/mol. The molecule has 5 atom stereocenters. The number of carboxylic acids is 1. The number of nitrogens with zero attached hydrogens (tertiary/aromatic N) is 1. The lowest BCUT2D eigenvalue weighted by Gasteiger charge is -2.25. The Labute approximate surface area is 229 Å². The van der Waals surface area contributed by atoms with Crippen molar-refractivity contribution in [1.29, 1.82) is 0 Å². The van der Waals surface area contributed by atoms with Crippen molar-refractivity contribution in [3.8, 4) is 0 Å². The van der Waals surface area contributed by atoms with Gasteiger partial charge in [-0.15, -0.1) is 0 Å². The van der Waals surface area contributed by atoms with Crippen LogP contribution >= 0.6 is 12.6 Å². The number of amides is 4. The Balaban J connectivity index is 5.36. The van der Waals surface area contributed by atoms with Crippen LogP contribution in [0.1, 0.15) is 53.4 Å². The molecule has 15 heteroatoms. The lowest BCUT2D eigenvalue weighted by molar-refractivity contribution is -0.142. The average Bonchev–Trinajstić information content (AvgIpc) is 2.85. The van der Waals surface area contributed by atoms with Crippen molar-refractivity contribution in [3.05, 3.63) is 0 Å². The third kappa shape index (κ3) is 14.0. The van der Waals surface area contributed by atoms with E-state index < -0.39 is 60.3 Å². The standard InChI is InChI=1S/C23H44N8O6S/c1-5-13(4)18(31-19(33)14(24)11-38)21(35)28-10-17(32)29-15(7-6-8-27-23(25)26)20(34)30-16(22(36)37)9-12(2)3/h12-16,18,38H,5-11,24H2,1-4H3,(H,28,35)(H,29,32)(H,30,34)(H,31,33)(H,36,37)(H4,25,26,27)/t13-,14-,15-,16-,18-/m0/s1. The largest absolute Gasteiger partial charge is 0.480 e. The molecule has 14 nitrogen and oxygen atoms in total. The smallest absolute Gasteiger partial charge is 0.326 e. The number of nitrogens with two attached hydrogens (primary N) is 3. The molecule has 0 bridgehead atoms. The first-order valence-corrected chi connectivity index (χ1v) is 13.2. The highest BCUT2D eigenvalue weighted by atomic mass is 32.1. The summed E-state index contributed by atoms with van der Waals surface area (Å²) in [6.07, 6.45) is 1.20. The number of thiol groups is 1. The van der Waals surface area contributed by atoms with E-state index >= 15 is 0 Å². The van der Waals surface area contributed by atoms with Crippen molar-refractivity contribution < 1.29 is 29.1 Å². The van der Waals surface area contributed by atoms with E-state index in [1.54, 1.807) is 6.92 Å². The number of hydrogen-bond donors (Lipinski definition) is 9. The van der Waals surface area contributed by atoms with Crippen LogP contribution in [0.2, 0.25) is 0 Å². The maximum absolute atomic E-state index is 12.9. The van der Waals surface area contributed by atoms with Crippen LogP contribution in [0, 0.1) is 11.8 Å². The van der Waals surface area contributed by atoms with E-state index in [0.29, 0.717) is 12.8 Å². The maximum Gasteiger partial charge on any atom is 0.326 e. The van der Waals surface area contributed by atoms with Gasteiger partial charge in [-0.2, -0.15) is 12.6 Å². The summed E-state index contributed by atoms with van der Waals surface area (Å²) in [4.78, 5) is 65.9. The fraction of sp³-hybridized carbons (Fsp3) is 0.739. The number of hydrogen-bond acceptors (Lipinski definition) is 8. The third-order valence-electron chi connectivity index (χ3n) is 5.67. The monoisotopic (exact) mass is 560 g/mol. The van der Waals surface area contributed by atoms with E-state index in [2.05, 4.69) is 38.9 Å². The molecule has 0 aromatic heterocycles. The molecule has 0 aliphatic heterocycles. The normalized spacial score (nSPS) is 14.8. The van der Waals surface area contributed by atoms with Crippen LogP contribution in [0.15, 0.2) is 4.99 Å². The first kappa shape index (κ1) is 34.9. The zero-order valence-electron chi connectivity index (χ0n) is 22.5. The van der Waals surface area contributed by atoms with Crippen LogP contribution in [0.25, 0.3) is 0 Å². The fourth-order valence-electron chi connectivity index (χ4n) is 3.31. The molecule has 0 aromatic rings. The molecule has 4 amide bonds. The summed E-state index contributed by atoms with van der Waals surface area (Å²) in [5.41, 5.74) is 16.3. The Kier molecular flexibility index (Phi) is 16.8. The van der Waals surface area contributed by atoms with E-state index in [9.17, 15) is 29.1 Å². The van der Waals surface area contributed by atoms with Gasteiger partial charge in [-0.1, -0.05) is 34.1 Å². The molecule has 0 spiro atoms. The number of carbonyl (C=O) groups excluding carboxylic acids is 4. The van der Waals surface area contributed by atoms with Crippen molar-refractivity contribution in [2.24, 2.45) is 34.0 Å². The van der Waals surface area contributed by atoms with Crippen molar-refractivity contribution in [2.75, 3.05) is 18.8 Å². The van der Waals surface area contributed by atoms with Crippen LogP contribution in [0.5, 0.6) is 0 Å². The van der Waals surface area contributed by atoms with Gasteiger partial charge in [0.25, 0.3) is 0 Å². The number of rotatable bonds is 18. The highest BCUT2D eigenvalue weighted by Crippen LogP contribution is 2.09. The molecule has 0 aromatic carbocycles. The molecule has 0 unspecified atom stereocenters. The van der Waals surface area contributed by atoms with Gasteiger partial charge < -0.3 is 43.6 Å². The molecule has 0 heterocycles. The predicted octanol–water partition coefficient (Wildman–Crippen LogP) is -1.96. The summed E-state index contributed by atoms with van der Waals surface area (Å²) in [7, 11) is 0. The molecule has 0 aliphatic rings. The minimum Gasteiger partial charge on any atom is -0.480 e. The molecule has 0 aliphatic carbocycles. The van der Waals surface area contributed by atoms with E-state index in [4.69, 9.17) is 17.2 Å². The van der Waals surface area contributed by atoms with Crippen molar-refractivity contribution in [2.45, 2.75) is 77.5 Å². The quantitative estimate of drug-likeness (QED) is 0.0390. The van der Waals surface area contributed by atoms with Gasteiger partial charge in [0.2, 0.25) is 23.6 Å². The number of guanidine groups is 1. The van der Waals surface area contributed by atoms with E-state index in [1.165, 1.54) is 0 Å². The molecule has 38 heavy (non-hydrogen) atoms. The van der Waals surface area contributed by atoms with Gasteiger partial charge in [0.05, 0.1) is 12.6 Å². The van der Waals surface area contributed by atoms with Gasteiger partial charge in [-0.3, -0.25) is 24.2 Å². The molecule has 218 valence electrons. The second-order valence-corrected chi connectivity index (χ2v) is 9.84. The lowest BCUT2D eigenvalue weighted by atomic mass is 9.98. The third-order valence-corrected chi connectivity index (χ3v) is 6.06. The van der Waals surface area contributed by atoms with Crippen LogP contribution in [0.4, 0.5) is 0 Å². The molecule has 0 radical (unpaired) electrons. The Morgan fingerprint density at radius 2 is 1.58 bits per heavy atom. The van der Waals surface area contributed by atoms with Crippen LogP contribution < -0.4 is 38.5 Å². The van der Waals surface area contributed by atoms with Gasteiger partial charge in [0.1, 0.15) is 18.1 Å². The number of carboxylic acid groups (broad SMARTS) is 1. The fourth-order valence-corrected chi connectivity index (χ4v) is 3.47. The number of aliphatic carboxylic acids is 1. The second-order valence-electron chi connectivity index (χ2n) is 9.48. The van der Waals surface area contributed by atoms with Crippen LogP contribution in [-0.2, 0) is 24.0 Å². The minimum absolute atomic E-state index is 0.00257. The van der Waals surface area contributed by atoms with Gasteiger partial charge in [-0.25, -0.2) is 4.79 Å². The Bertz CT molecular complexity index is 837. The lowest BCUT2D eigenvalue weighted by Crippen LogP contribution is -2.56. The summed E-state index contributed by atoms with van der Waals surface area (Å²) >= 11 is 3.98. The van der Waals surface area contributed by atoms with Gasteiger partial charge >= 0.3 is 5.97 Å². The first-order valence-electron chi connectivity index (χ1n) is 12.6. The topological polar surface area (TPSA) is 244 Å². The zero-order valence-corrected chi connectivity index (χ0v) is 23.4. The van der Waals surface area contributed by atoms with Crippen molar-refractivity contribution in [3.63, 3.8) is 0 Å². The van der Waals surface area contributed by atoms with Gasteiger partial charge in [0, 0.05) is 12.3 Å². The molecule has 0 saturated heterocycles. The van der Waals surface area contributed by atoms with Gasteiger partial charge in [0.15, 0.2) is 5.96 Å². The summed E-state index contributed by atoms with van der Waals surface area (Å²) < 4.78 is 0. The maximum atomic E-state index is 12.9. The highest BCUT2D eigenvalue weighted by Gasteiger charge is 2.29. The zero-order chi connectivity index (χ0) is 29.4. The minimum atomic E-state index is -1.19. The molecule has 0 rings (SSSR count). The van der Waals surface area contributed by atoms with Crippen molar-refractivity contribution in [1.82, 2.24) is 21.3 Å². The predicted molar refractivity (Wildman–Crippen MR) is 147 cm³/mol. The molecule has 0 saturated carbocycles. The molecule has 0 fully saturated rings. The number of aliphatic imine (C=N–C) groups is 1. The van der Waals surface area contributed by atoms with E-state index in [0.717, 1.165) is 0 Å². The first-order chi connectivity index (χ1) is 17.7. The molecular weight excluding hydrogens is 516 g/mol. The molecular formula is C23H44N8O6S. The Morgan fingerprint density at radius 3 is 2.08 bits per heavy atom. The summed E-state index contributed by atoms with van der Waals surface area (Å²) in [6.45, 7) is 6.96. The second kappa shape index (κ2) is 18.2. The SMILES string of the molecule is CC[C@H](C)[C@H](NC(=O)[C@@H](N)CS)C(=O)NCC(=O)N[C@@H](CCCN=C(N)N)C(=O)N[C@@H](CC(C)C)C(=O)O. The Hall–Kier alpha value is -3.07. The summed E-state index contributed by atoms with van der Waals surface area (Å²) in [5.74, 6) is -3.98. The number of carbonyl (C=O) groups is 5. The Morgan fingerprint density at radius 1 is 0.947 bits per heavy atom. The van der Waals surface area contributed by atoms with Crippen LogP contribution in [-0.4, -0.2) is 83.7 Å². The highest BCUT2D eigenvalue weighted by molar-refractivity contribution is 7.80. The van der Waals surface area contributed by atoms with Crippen LogP contribution in [0.3, 0.4) is 0 Å². The number of nitrogens with one attached hydrogen (secondary N) is 4. The van der Waals surface area contributed by atoms with E-state index in [-0.39, 0.29) is 42.9 Å². The van der Waals surface area contributed by atoms with E-state index in [1.807, 2.05) is 20.8 Å². The van der Waals surface area contributed by atoms with Gasteiger partial charge in [-0.05, 0) is 31.1 Å². The van der Waals surface area contributed by atoms with Crippen molar-refractivity contribution >= 4 is 48.2 Å². The molecule has 11 N–H and O–H groups in total.